The van der Waals surface area contributed by atoms with Gasteiger partial charge in [0.15, 0.2) is 0 Å². The molecule has 1 aromatic carbocycles. The minimum atomic E-state index is -5.00. The molecule has 4 N–H and O–H groups in total. The van der Waals surface area contributed by atoms with Gasteiger partial charge in [-0.3, -0.25) is 57.5 Å². The molecule has 1 aromatic rings. The van der Waals surface area contributed by atoms with E-state index in [2.05, 4.69) is 21.3 Å². The first kappa shape index (κ1) is 77.9. The number of halogens is 4. The molecule has 3 heterocycles. The van der Waals surface area contributed by atoms with Gasteiger partial charge in [-0.15, -0.1) is 0 Å². The number of carbonyl (C=O) groups excluding carboxylic acids is 12. The second-order valence-electron chi connectivity index (χ2n) is 29.2. The number of likely N-dealkylation sites (N-methyl/N-ethyl adjacent to an activating group) is 6. The van der Waals surface area contributed by atoms with Crippen LogP contribution in [0.5, 0.6) is 0 Å². The van der Waals surface area contributed by atoms with E-state index in [1.807, 2.05) is 20.8 Å². The second kappa shape index (κ2) is 33.6. The molecule has 7 rings (SSSR count). The fourth-order valence-electron chi connectivity index (χ4n) is 15.4. The van der Waals surface area contributed by atoms with E-state index in [0.717, 1.165) is 55.9 Å². The molecule has 3 saturated carbocycles. The molecule has 0 unspecified atom stereocenters. The first-order valence-corrected chi connectivity index (χ1v) is 35.3. The number of alkyl halides is 3. The number of hydrogen-bond acceptors (Lipinski definition) is 12. The quantitative estimate of drug-likeness (QED) is 0.218. The molecule has 0 aromatic heterocycles. The van der Waals surface area contributed by atoms with E-state index < -0.39 is 173 Å². The highest BCUT2D eigenvalue weighted by molar-refractivity contribution is 6.01. The zero-order valence-corrected chi connectivity index (χ0v) is 59.4. The molecule has 3 saturated heterocycles. The van der Waals surface area contributed by atoms with Gasteiger partial charge in [0.2, 0.25) is 70.9 Å². The fraction of sp³-hybridized carbons (Fsp3) is 0.743. The van der Waals surface area contributed by atoms with Gasteiger partial charge >= 0.3 is 6.18 Å². The van der Waals surface area contributed by atoms with Gasteiger partial charge in [-0.1, -0.05) is 98.0 Å². The molecule has 0 radical (unpaired) electrons. The van der Waals surface area contributed by atoms with Crippen LogP contribution in [0.15, 0.2) is 18.2 Å². The smallest absolute Gasteiger partial charge is 0.347 e. The third kappa shape index (κ3) is 18.3. The summed E-state index contributed by atoms with van der Waals surface area (Å²) in [6, 6.07) is -8.88. The van der Waals surface area contributed by atoms with E-state index >= 15 is 23.6 Å². The first-order valence-electron chi connectivity index (χ1n) is 35.3. The normalized spacial score (nSPS) is 28.0. The SMILES string of the molecule is CC[C@H](C)[C@@H]1NC(=O)[C@H](CC(C)C)N(C)C(=O)C[C@@H](C(=O)N(C)C)N(C)C(=O)[C@H](C2CCCC2)N(C)C(=O)C2(CCCC2)NC(=O)[C@@H]2CCCN2C(=O)[C@H](CCc2ccc(C(F)(F)F)c(F)c2)NC(=O)CN(C)C(=O)[C@H](CC2CCCCC2)N(C)C(=O)[C@@H]2CCN2C(=O)[C@H](C)NC1=O. The van der Waals surface area contributed by atoms with Gasteiger partial charge in [0.25, 0.3) is 0 Å². The molecular formula is C70H106F4N12O12. The van der Waals surface area contributed by atoms with Gasteiger partial charge in [-0.25, -0.2) is 4.39 Å². The van der Waals surface area contributed by atoms with E-state index in [9.17, 15) is 51.5 Å². The van der Waals surface area contributed by atoms with Crippen LogP contribution in [0.1, 0.15) is 181 Å². The summed E-state index contributed by atoms with van der Waals surface area (Å²) >= 11 is 0. The predicted octanol–water partition coefficient (Wildman–Crippen LogP) is 4.78. The van der Waals surface area contributed by atoms with Gasteiger partial charge in [0.05, 0.1) is 18.5 Å². The van der Waals surface area contributed by atoms with Crippen LogP contribution in [0.25, 0.3) is 0 Å². The minimum absolute atomic E-state index is 0.00177. The van der Waals surface area contributed by atoms with Crippen LogP contribution >= 0.6 is 0 Å². The summed E-state index contributed by atoms with van der Waals surface area (Å²) in [6.07, 6.45) is 3.29. The zero-order chi connectivity index (χ0) is 72.4. The van der Waals surface area contributed by atoms with Crippen molar-refractivity contribution in [3.8, 4) is 0 Å². The summed E-state index contributed by atoms with van der Waals surface area (Å²) in [5.74, 6) is -10.8. The lowest BCUT2D eigenvalue weighted by atomic mass is 9.84. The van der Waals surface area contributed by atoms with Crippen LogP contribution in [0, 0.1) is 29.5 Å². The van der Waals surface area contributed by atoms with E-state index in [1.54, 1.807) is 6.92 Å². The van der Waals surface area contributed by atoms with E-state index in [-0.39, 0.29) is 81.9 Å². The lowest BCUT2D eigenvalue weighted by Crippen LogP contribution is -2.65. The highest BCUT2D eigenvalue weighted by Gasteiger charge is 2.52. The maximum atomic E-state index is 15.5. The molecule has 10 atom stereocenters. The molecule has 3 aliphatic carbocycles. The number of nitrogens with zero attached hydrogens (tertiary/aromatic N) is 8. The van der Waals surface area contributed by atoms with Crippen LogP contribution in [0.4, 0.5) is 17.6 Å². The lowest BCUT2D eigenvalue weighted by molar-refractivity contribution is -0.158. The van der Waals surface area contributed by atoms with Crippen molar-refractivity contribution in [1.29, 1.82) is 0 Å². The van der Waals surface area contributed by atoms with Crippen molar-refractivity contribution in [2.24, 2.45) is 23.7 Å². The molecule has 3 aliphatic heterocycles. The van der Waals surface area contributed by atoms with Gasteiger partial charge < -0.3 is 60.5 Å². The molecule has 28 heteroatoms. The second-order valence-corrected chi connectivity index (χ2v) is 29.2. The standard InChI is InChI=1S/C70H106F4N12O12/c1-13-42(4)57-61(91)75-43(5)62(92)86-35-31-51(86)66(96)82(10)53(38-44-22-15-14-16-23-44)65(95)80(8)40-55(87)76-49(30-28-45-27-29-47(48(71)37-45)70(72,73)74)63(93)85-34-21-26-50(85)60(90)78-69(32-19-20-33-69)68(98)84(12)58(46-24-17-18-25-46)67(97)83(11)54(64(94)79(6)7)39-56(88)81(9)52(36-41(2)3)59(89)77-57/h27,29,37,41-44,46,49-54,57-58H,13-26,28,30-36,38-40H2,1-12H3,(H,75,91)(H,76,87)(H,77,89)(H,78,90)/t42-,43-,49-,50-,51-,52-,53-,54-,57-,58-/m0/s1. The Morgan fingerprint density at radius 3 is 1.88 bits per heavy atom. The first-order chi connectivity index (χ1) is 46.1. The van der Waals surface area contributed by atoms with Crippen molar-refractivity contribution < 1.29 is 75.1 Å². The van der Waals surface area contributed by atoms with Crippen molar-refractivity contribution >= 4 is 70.9 Å². The largest absolute Gasteiger partial charge is 0.419 e. The van der Waals surface area contributed by atoms with Gasteiger partial charge in [0.1, 0.15) is 65.7 Å². The molecular weight excluding hydrogens is 1280 g/mol. The Labute approximate surface area is 574 Å². The fourth-order valence-corrected chi connectivity index (χ4v) is 15.4. The number of benzene rings is 1. The van der Waals surface area contributed by atoms with Crippen molar-refractivity contribution in [3.63, 3.8) is 0 Å². The van der Waals surface area contributed by atoms with E-state index in [0.29, 0.717) is 50.7 Å². The van der Waals surface area contributed by atoms with Crippen LogP contribution in [0.2, 0.25) is 0 Å². The number of carbonyl (C=O) groups is 12. The molecule has 24 nitrogen and oxygen atoms in total. The Morgan fingerprint density at radius 1 is 0.663 bits per heavy atom. The van der Waals surface area contributed by atoms with Gasteiger partial charge in [0, 0.05) is 62.4 Å². The van der Waals surface area contributed by atoms with Crippen molar-refractivity contribution in [3.05, 3.63) is 35.1 Å². The predicted molar refractivity (Wildman–Crippen MR) is 355 cm³/mol. The molecule has 1 spiro atoms. The van der Waals surface area contributed by atoms with Crippen LogP contribution in [-0.4, -0.2) is 239 Å². The zero-order valence-electron chi connectivity index (χ0n) is 59.4. The Balaban J connectivity index is 1.28. The molecule has 0 bridgehead atoms. The molecule has 546 valence electrons. The van der Waals surface area contributed by atoms with Crippen LogP contribution in [-0.2, 0) is 70.1 Å². The number of fused-ring (bicyclic) bond motifs is 2. The molecule has 6 aliphatic rings. The third-order valence-electron chi connectivity index (χ3n) is 21.6. The number of aryl methyl sites for hydroxylation is 1. The molecule has 12 amide bonds. The molecule has 6 fully saturated rings. The van der Waals surface area contributed by atoms with E-state index in [1.165, 1.54) is 90.6 Å². The summed E-state index contributed by atoms with van der Waals surface area (Å²) in [6.45, 7) is 8.18. The maximum Gasteiger partial charge on any atom is 0.419 e. The number of amides is 12. The monoisotopic (exact) mass is 1380 g/mol. The topological polar surface area (TPSA) is 279 Å². The average molecular weight is 1380 g/mol. The Bertz CT molecular complexity index is 3100. The van der Waals surface area contributed by atoms with Gasteiger partial charge in [-0.2, -0.15) is 13.2 Å². The average Bonchev–Trinajstić information content (AvgIpc) is 0.821. The highest BCUT2D eigenvalue weighted by atomic mass is 19.4. The Kier molecular flexibility index (Phi) is 26.7. The highest BCUT2D eigenvalue weighted by Crippen LogP contribution is 2.38. The maximum absolute atomic E-state index is 15.5. The number of rotatable bonds is 11. The van der Waals surface area contributed by atoms with Crippen LogP contribution in [0.3, 0.4) is 0 Å². The van der Waals surface area contributed by atoms with Crippen molar-refractivity contribution in [1.82, 2.24) is 60.5 Å². The summed E-state index contributed by atoms with van der Waals surface area (Å²) < 4.78 is 56.2. The van der Waals surface area contributed by atoms with Gasteiger partial charge in [-0.05, 0) is 119 Å². The number of nitrogens with one attached hydrogen (secondary N) is 4. The Morgan fingerprint density at radius 2 is 1.30 bits per heavy atom. The number of hydrogen-bond donors (Lipinski definition) is 4. The van der Waals surface area contributed by atoms with Crippen LogP contribution < -0.4 is 21.3 Å². The summed E-state index contributed by atoms with van der Waals surface area (Å²) in [5, 5.41) is 11.4. The minimum Gasteiger partial charge on any atom is -0.347 e. The summed E-state index contributed by atoms with van der Waals surface area (Å²) in [4.78, 5) is 188. The lowest BCUT2D eigenvalue weighted by Gasteiger charge is -2.44. The van der Waals surface area contributed by atoms with E-state index in [4.69, 9.17) is 0 Å². The third-order valence-corrected chi connectivity index (χ3v) is 21.6. The summed E-state index contributed by atoms with van der Waals surface area (Å²) in [5.41, 5.74) is -3.04. The van der Waals surface area contributed by atoms with Crippen molar-refractivity contribution in [2.45, 2.75) is 242 Å². The Hall–Kier alpha value is -7.42. The molecule has 98 heavy (non-hydrogen) atoms. The summed E-state index contributed by atoms with van der Waals surface area (Å²) in [7, 11) is 10.0. The van der Waals surface area contributed by atoms with Crippen molar-refractivity contribution in [2.75, 3.05) is 69.0 Å².